The van der Waals surface area contributed by atoms with Crippen molar-refractivity contribution < 1.29 is 13.2 Å². The molecule has 0 radical (unpaired) electrons. The topological polar surface area (TPSA) is 46.6 Å². The molecule has 0 saturated carbocycles. The number of sulfonamides is 1. The van der Waals surface area contributed by atoms with Gasteiger partial charge in [0.2, 0.25) is 10.0 Å². The van der Waals surface area contributed by atoms with Gasteiger partial charge in [-0.15, -0.1) is 0 Å². The van der Waals surface area contributed by atoms with Crippen LogP contribution in [0.4, 0.5) is 0 Å². The van der Waals surface area contributed by atoms with Gasteiger partial charge in [-0.25, -0.2) is 8.42 Å². The Morgan fingerprint density at radius 1 is 1.12 bits per heavy atom. The summed E-state index contributed by atoms with van der Waals surface area (Å²) in [5, 5.41) is 0. The summed E-state index contributed by atoms with van der Waals surface area (Å²) in [6.45, 7) is 4.86. The first-order valence-corrected chi connectivity index (χ1v) is 9.58. The number of benzene rings is 2. The predicted molar refractivity (Wildman–Crippen MR) is 95.0 cm³/mol. The third kappa shape index (κ3) is 3.06. The van der Waals surface area contributed by atoms with Crippen molar-refractivity contribution in [2.75, 3.05) is 20.2 Å². The van der Waals surface area contributed by atoms with Gasteiger partial charge in [-0.05, 0) is 43.5 Å². The molecule has 5 heteroatoms. The molecule has 24 heavy (non-hydrogen) atoms. The average molecular weight is 345 g/mol. The lowest BCUT2D eigenvalue weighted by atomic mass is 9.97. The van der Waals surface area contributed by atoms with Gasteiger partial charge in [-0.1, -0.05) is 35.9 Å². The second-order valence-corrected chi connectivity index (χ2v) is 8.27. The minimum absolute atomic E-state index is 0.168. The van der Waals surface area contributed by atoms with Gasteiger partial charge < -0.3 is 4.74 Å². The lowest BCUT2D eigenvalue weighted by Crippen LogP contribution is -2.29. The van der Waals surface area contributed by atoms with E-state index in [-0.39, 0.29) is 5.92 Å². The van der Waals surface area contributed by atoms with Crippen LogP contribution in [-0.2, 0) is 10.0 Å². The molecule has 128 valence electrons. The molecule has 0 aromatic heterocycles. The van der Waals surface area contributed by atoms with Crippen LogP contribution in [0.25, 0.3) is 0 Å². The highest BCUT2D eigenvalue weighted by molar-refractivity contribution is 7.89. The summed E-state index contributed by atoms with van der Waals surface area (Å²) >= 11 is 0. The van der Waals surface area contributed by atoms with Crippen LogP contribution in [-0.4, -0.2) is 32.9 Å². The highest BCUT2D eigenvalue weighted by Crippen LogP contribution is 2.36. The number of rotatable bonds is 4. The van der Waals surface area contributed by atoms with Gasteiger partial charge in [0, 0.05) is 19.0 Å². The number of nitrogens with zero attached hydrogens (tertiary/aromatic N) is 1. The van der Waals surface area contributed by atoms with Gasteiger partial charge in [0.25, 0.3) is 0 Å². The zero-order valence-electron chi connectivity index (χ0n) is 14.3. The summed E-state index contributed by atoms with van der Waals surface area (Å²) in [5.74, 6) is 0.995. The van der Waals surface area contributed by atoms with Gasteiger partial charge in [0.15, 0.2) is 0 Å². The number of hydrogen-bond donors (Lipinski definition) is 0. The molecule has 0 aliphatic carbocycles. The minimum Gasteiger partial charge on any atom is -0.496 e. The summed E-state index contributed by atoms with van der Waals surface area (Å²) in [6, 6.07) is 13.3. The van der Waals surface area contributed by atoms with Gasteiger partial charge >= 0.3 is 0 Å². The lowest BCUT2D eigenvalue weighted by Gasteiger charge is -2.19. The fourth-order valence-electron chi connectivity index (χ4n) is 3.43. The van der Waals surface area contributed by atoms with Crippen molar-refractivity contribution in [3.63, 3.8) is 0 Å². The number of hydrogen-bond acceptors (Lipinski definition) is 3. The summed E-state index contributed by atoms with van der Waals surface area (Å²) < 4.78 is 33.0. The molecule has 0 spiro atoms. The number of para-hydroxylation sites is 1. The summed E-state index contributed by atoms with van der Waals surface area (Å²) in [6.07, 6.45) is 0.810. The smallest absolute Gasteiger partial charge is 0.243 e. The highest BCUT2D eigenvalue weighted by atomic mass is 32.2. The average Bonchev–Trinajstić information content (AvgIpc) is 3.05. The maximum atomic E-state index is 13.0. The first-order chi connectivity index (χ1) is 11.4. The molecule has 0 N–H and O–H groups in total. The molecule has 2 aromatic rings. The SMILES string of the molecule is COc1ccccc1C1CCN(S(=O)(=O)c2ccc(C)cc2C)C1. The lowest BCUT2D eigenvalue weighted by molar-refractivity contribution is 0.405. The zero-order valence-corrected chi connectivity index (χ0v) is 15.1. The third-order valence-electron chi connectivity index (χ3n) is 4.68. The van der Waals surface area contributed by atoms with E-state index in [1.54, 1.807) is 17.5 Å². The standard InChI is InChI=1S/C19H23NO3S/c1-14-8-9-19(15(2)12-14)24(21,22)20-11-10-16(13-20)17-6-4-5-7-18(17)23-3/h4-9,12,16H,10-11,13H2,1-3H3. The largest absolute Gasteiger partial charge is 0.496 e. The monoisotopic (exact) mass is 345 g/mol. The minimum atomic E-state index is -3.45. The maximum absolute atomic E-state index is 13.0. The van der Waals surface area contributed by atoms with E-state index in [0.717, 1.165) is 28.9 Å². The van der Waals surface area contributed by atoms with E-state index >= 15 is 0 Å². The van der Waals surface area contributed by atoms with Crippen molar-refractivity contribution in [3.8, 4) is 5.75 Å². The molecule has 1 aliphatic rings. The molecular formula is C19H23NO3S. The van der Waals surface area contributed by atoms with Crippen molar-refractivity contribution in [3.05, 3.63) is 59.2 Å². The van der Waals surface area contributed by atoms with E-state index in [1.807, 2.05) is 50.2 Å². The first-order valence-electron chi connectivity index (χ1n) is 8.14. The van der Waals surface area contributed by atoms with Crippen LogP contribution in [0.3, 0.4) is 0 Å². The van der Waals surface area contributed by atoms with Crippen molar-refractivity contribution in [2.24, 2.45) is 0 Å². The van der Waals surface area contributed by atoms with Crippen molar-refractivity contribution in [1.82, 2.24) is 4.31 Å². The van der Waals surface area contributed by atoms with E-state index in [2.05, 4.69) is 0 Å². The molecule has 1 aliphatic heterocycles. The molecule has 1 atom stereocenters. The molecule has 0 bridgehead atoms. The van der Waals surface area contributed by atoms with Gasteiger partial charge in [0.05, 0.1) is 12.0 Å². The van der Waals surface area contributed by atoms with Crippen LogP contribution in [0.2, 0.25) is 0 Å². The Morgan fingerprint density at radius 3 is 2.58 bits per heavy atom. The normalized spacial score (nSPS) is 18.7. The Bertz CT molecular complexity index is 845. The van der Waals surface area contributed by atoms with Gasteiger partial charge in [0.1, 0.15) is 5.75 Å². The Hall–Kier alpha value is -1.85. The molecule has 1 fully saturated rings. The Morgan fingerprint density at radius 2 is 1.88 bits per heavy atom. The Labute approximate surface area is 144 Å². The fraction of sp³-hybridized carbons (Fsp3) is 0.368. The molecule has 1 heterocycles. The fourth-order valence-corrected chi connectivity index (χ4v) is 5.14. The summed E-state index contributed by atoms with van der Waals surface area (Å²) in [5.41, 5.74) is 2.95. The van der Waals surface area contributed by atoms with Crippen molar-refractivity contribution >= 4 is 10.0 Å². The van der Waals surface area contributed by atoms with Crippen LogP contribution in [0.15, 0.2) is 47.4 Å². The number of aryl methyl sites for hydroxylation is 2. The van der Waals surface area contributed by atoms with E-state index < -0.39 is 10.0 Å². The molecular weight excluding hydrogens is 322 g/mol. The second kappa shape index (κ2) is 6.57. The van der Waals surface area contributed by atoms with Crippen LogP contribution >= 0.6 is 0 Å². The summed E-state index contributed by atoms with van der Waals surface area (Å²) in [7, 11) is -1.80. The van der Waals surface area contributed by atoms with E-state index in [0.29, 0.717) is 18.0 Å². The van der Waals surface area contributed by atoms with Crippen molar-refractivity contribution in [2.45, 2.75) is 31.1 Å². The Kier molecular flexibility index (Phi) is 4.65. The second-order valence-electron chi connectivity index (χ2n) is 6.36. The van der Waals surface area contributed by atoms with Gasteiger partial charge in [-0.2, -0.15) is 4.31 Å². The Balaban J connectivity index is 1.87. The predicted octanol–water partition coefficient (Wildman–Crippen LogP) is 3.49. The molecule has 3 rings (SSSR count). The molecule has 2 aromatic carbocycles. The molecule has 1 unspecified atom stereocenters. The number of ether oxygens (including phenoxy) is 1. The van der Waals surface area contributed by atoms with Crippen LogP contribution in [0.1, 0.15) is 29.0 Å². The zero-order chi connectivity index (χ0) is 17.3. The van der Waals surface area contributed by atoms with Crippen LogP contribution in [0.5, 0.6) is 5.75 Å². The van der Waals surface area contributed by atoms with Gasteiger partial charge in [-0.3, -0.25) is 0 Å². The quantitative estimate of drug-likeness (QED) is 0.852. The molecule has 4 nitrogen and oxygen atoms in total. The van der Waals surface area contributed by atoms with E-state index in [1.165, 1.54) is 0 Å². The first kappa shape index (κ1) is 17.0. The number of methoxy groups -OCH3 is 1. The highest BCUT2D eigenvalue weighted by Gasteiger charge is 2.34. The van der Waals surface area contributed by atoms with Crippen molar-refractivity contribution in [1.29, 1.82) is 0 Å². The van der Waals surface area contributed by atoms with E-state index in [9.17, 15) is 8.42 Å². The van der Waals surface area contributed by atoms with Crippen LogP contribution in [0, 0.1) is 13.8 Å². The summed E-state index contributed by atoms with van der Waals surface area (Å²) in [4.78, 5) is 0.411. The molecule has 1 saturated heterocycles. The molecule has 0 amide bonds. The third-order valence-corrected chi connectivity index (χ3v) is 6.70. The van der Waals surface area contributed by atoms with Crippen LogP contribution < -0.4 is 4.74 Å². The maximum Gasteiger partial charge on any atom is 0.243 e. The van der Waals surface area contributed by atoms with E-state index in [4.69, 9.17) is 4.74 Å².